The number of aliphatic hydroxyl groups is 1. The Morgan fingerprint density at radius 3 is 1.56 bits per heavy atom. The van der Waals surface area contributed by atoms with Crippen molar-refractivity contribution in [3.63, 3.8) is 0 Å². The molecule has 0 aromatic carbocycles. The summed E-state index contributed by atoms with van der Waals surface area (Å²) in [5.41, 5.74) is 0. The molecule has 0 fully saturated rings. The second-order valence-corrected chi connectivity index (χ2v) is 21.3. The Morgan fingerprint density at radius 1 is 0.720 bits per heavy atom. The molecule has 0 aromatic heterocycles. The molecule has 0 aliphatic carbocycles. The summed E-state index contributed by atoms with van der Waals surface area (Å²) in [7, 11) is 0. The van der Waals surface area contributed by atoms with Crippen molar-refractivity contribution in [2.45, 2.75) is 131 Å². The molecule has 0 aliphatic heterocycles. The van der Waals surface area contributed by atoms with Gasteiger partial charge in [-0.05, 0) is 0 Å². The molecule has 0 radical (unpaired) electrons. The first-order valence-electron chi connectivity index (χ1n) is 11.5. The van der Waals surface area contributed by atoms with E-state index < -0.39 is 18.4 Å². The van der Waals surface area contributed by atoms with Crippen molar-refractivity contribution in [3.05, 3.63) is 9.67 Å². The fourth-order valence-electron chi connectivity index (χ4n) is 4.07. The van der Waals surface area contributed by atoms with Gasteiger partial charge in [-0.2, -0.15) is 0 Å². The molecule has 150 valence electrons. The Balaban J connectivity index is 5.64. The molecule has 0 aliphatic rings. The topological polar surface area (TPSA) is 20.2 Å². The Labute approximate surface area is 163 Å². The van der Waals surface area contributed by atoms with Crippen LogP contribution in [-0.2, 0) is 0 Å². The summed E-state index contributed by atoms with van der Waals surface area (Å²) in [5.74, 6) is 0. The molecule has 0 aromatic rings. The minimum atomic E-state index is -2.46. The van der Waals surface area contributed by atoms with Crippen LogP contribution in [0, 0.1) is 0 Å². The molecule has 2 heteroatoms. The first-order chi connectivity index (χ1) is 12.1. The fraction of sp³-hybridized carbons (Fsp3) is 0.913. The van der Waals surface area contributed by atoms with Crippen LogP contribution in [0.4, 0.5) is 0 Å². The zero-order chi connectivity index (χ0) is 19.0. The van der Waals surface area contributed by atoms with Crippen molar-refractivity contribution < 1.29 is 5.11 Å². The van der Waals surface area contributed by atoms with Crippen LogP contribution in [0.2, 0.25) is 13.3 Å². The zero-order valence-corrected chi connectivity index (χ0v) is 21.1. The molecule has 25 heavy (non-hydrogen) atoms. The van der Waals surface area contributed by atoms with Gasteiger partial charge in [0.1, 0.15) is 0 Å². The maximum absolute atomic E-state index is 11.2. The molecular weight excluding hydrogens is 411 g/mol. The molecule has 1 N–H and O–H groups in total. The normalized spacial score (nSPS) is 14.1. The Morgan fingerprint density at radius 2 is 1.16 bits per heavy atom. The Hall–Kier alpha value is 0.499. The third-order valence-electron chi connectivity index (χ3n) is 5.75. The van der Waals surface area contributed by atoms with Crippen LogP contribution in [0.5, 0.6) is 0 Å². The van der Waals surface area contributed by atoms with E-state index in [1.807, 2.05) is 0 Å². The van der Waals surface area contributed by atoms with Crippen LogP contribution in [-0.4, -0.2) is 29.6 Å². The first-order valence-corrected chi connectivity index (χ1v) is 19.0. The minimum absolute atomic E-state index is 0.127. The van der Waals surface area contributed by atoms with Crippen molar-refractivity contribution in [1.82, 2.24) is 0 Å². The molecule has 0 amide bonds. The van der Waals surface area contributed by atoms with Gasteiger partial charge in [0.25, 0.3) is 0 Å². The van der Waals surface area contributed by atoms with Crippen LogP contribution in [0.3, 0.4) is 0 Å². The molecule has 1 unspecified atom stereocenters. The van der Waals surface area contributed by atoms with Gasteiger partial charge in [-0.3, -0.25) is 0 Å². The van der Waals surface area contributed by atoms with Crippen LogP contribution >= 0.6 is 0 Å². The van der Waals surface area contributed by atoms with E-state index in [9.17, 15) is 5.11 Å². The molecular formula is C23H48OSn. The van der Waals surface area contributed by atoms with Gasteiger partial charge < -0.3 is 0 Å². The van der Waals surface area contributed by atoms with Gasteiger partial charge >= 0.3 is 164 Å². The Bertz CT molecular complexity index is 302. The van der Waals surface area contributed by atoms with Gasteiger partial charge in [0.15, 0.2) is 0 Å². The van der Waals surface area contributed by atoms with Crippen LogP contribution < -0.4 is 0 Å². The van der Waals surface area contributed by atoms with E-state index in [-0.39, 0.29) is 6.10 Å². The number of aliphatic hydroxyl groups excluding tert-OH is 1. The Kier molecular flexibility index (Phi) is 17.0. The molecule has 0 spiro atoms. The van der Waals surface area contributed by atoms with Crippen molar-refractivity contribution in [2.24, 2.45) is 0 Å². The molecule has 1 atom stereocenters. The van der Waals surface area contributed by atoms with Gasteiger partial charge in [-0.1, -0.05) is 0 Å². The monoisotopic (exact) mass is 460 g/mol. The summed E-state index contributed by atoms with van der Waals surface area (Å²) in [5, 5.41) is 11.2. The van der Waals surface area contributed by atoms with E-state index in [2.05, 4.69) is 40.7 Å². The zero-order valence-electron chi connectivity index (χ0n) is 18.2. The summed E-state index contributed by atoms with van der Waals surface area (Å²) in [4.78, 5) is 0. The third-order valence-corrected chi connectivity index (χ3v) is 22.0. The van der Waals surface area contributed by atoms with E-state index in [0.29, 0.717) is 0 Å². The average molecular weight is 459 g/mol. The van der Waals surface area contributed by atoms with Gasteiger partial charge in [0.2, 0.25) is 0 Å². The molecule has 0 rings (SSSR count). The number of allylic oxidation sites excluding steroid dienone is 1. The molecule has 0 saturated carbocycles. The second kappa shape index (κ2) is 16.7. The molecule has 0 heterocycles. The van der Waals surface area contributed by atoms with Gasteiger partial charge in [0, 0.05) is 0 Å². The summed E-state index contributed by atoms with van der Waals surface area (Å²) >= 11 is -2.46. The summed E-state index contributed by atoms with van der Waals surface area (Å²) in [6.45, 7) is 11.5. The first kappa shape index (κ1) is 25.5. The van der Waals surface area contributed by atoms with E-state index >= 15 is 0 Å². The average Bonchev–Trinajstić information content (AvgIpc) is 2.63. The van der Waals surface area contributed by atoms with E-state index in [4.69, 9.17) is 0 Å². The van der Waals surface area contributed by atoms with Gasteiger partial charge in [0.05, 0.1) is 0 Å². The molecule has 0 bridgehead atoms. The number of rotatable bonds is 17. The quantitative estimate of drug-likeness (QED) is 0.172. The number of hydrogen-bond donors (Lipinski definition) is 1. The van der Waals surface area contributed by atoms with Crippen molar-refractivity contribution in [1.29, 1.82) is 0 Å². The van der Waals surface area contributed by atoms with Crippen molar-refractivity contribution >= 4 is 18.4 Å². The van der Waals surface area contributed by atoms with Crippen LogP contribution in [0.15, 0.2) is 9.67 Å². The van der Waals surface area contributed by atoms with E-state index in [1.165, 1.54) is 83.9 Å². The van der Waals surface area contributed by atoms with Crippen LogP contribution in [0.25, 0.3) is 0 Å². The van der Waals surface area contributed by atoms with E-state index in [1.54, 1.807) is 3.59 Å². The predicted molar refractivity (Wildman–Crippen MR) is 118 cm³/mol. The van der Waals surface area contributed by atoms with Crippen LogP contribution in [0.1, 0.15) is 112 Å². The molecule has 1 nitrogen and oxygen atoms in total. The SMILES string of the molecule is CCCC/C=[C](/C(O)CCCC)[Sn]([CH2]CCC)([CH2]CCC)[CH2]CCC. The third kappa shape index (κ3) is 10.4. The van der Waals surface area contributed by atoms with Gasteiger partial charge in [-0.25, -0.2) is 0 Å². The summed E-state index contributed by atoms with van der Waals surface area (Å²) in [6, 6.07) is 0. The second-order valence-electron chi connectivity index (χ2n) is 8.05. The predicted octanol–water partition coefficient (Wildman–Crippen LogP) is 8.04. The van der Waals surface area contributed by atoms with Crippen molar-refractivity contribution in [3.8, 4) is 0 Å². The number of unbranched alkanes of at least 4 members (excludes halogenated alkanes) is 6. The molecule has 0 saturated heterocycles. The summed E-state index contributed by atoms with van der Waals surface area (Å²) in [6.07, 6.45) is 17.6. The standard InChI is InChI=1S/C11H21O.3C4H9.Sn/c1-3-5-7-8-10-11(12)9-6-4-2;3*1-3-4-2;/h8,11-12H,3-7,9H2,1-2H3;3*1,3-4H2,2H3;. The van der Waals surface area contributed by atoms with E-state index in [0.717, 1.165) is 6.42 Å². The van der Waals surface area contributed by atoms with Crippen molar-refractivity contribution in [2.75, 3.05) is 0 Å². The van der Waals surface area contributed by atoms with Gasteiger partial charge in [-0.15, -0.1) is 0 Å². The number of hydrogen-bond acceptors (Lipinski definition) is 1. The fourth-order valence-corrected chi connectivity index (χ4v) is 21.6. The maximum atomic E-state index is 11.2. The summed E-state index contributed by atoms with van der Waals surface area (Å²) < 4.78 is 6.07.